The maximum absolute atomic E-state index is 11.3. The van der Waals surface area contributed by atoms with Crippen molar-refractivity contribution in [1.29, 1.82) is 0 Å². The van der Waals surface area contributed by atoms with Crippen LogP contribution in [-0.4, -0.2) is 44.2 Å². The van der Waals surface area contributed by atoms with Crippen LogP contribution in [0.1, 0.15) is 16.2 Å². The average molecular weight is 252 g/mol. The van der Waals surface area contributed by atoms with Gasteiger partial charge in [-0.05, 0) is 12.1 Å². The van der Waals surface area contributed by atoms with Crippen LogP contribution in [-0.2, 0) is 11.3 Å². The van der Waals surface area contributed by atoms with E-state index in [0.717, 1.165) is 25.3 Å². The molecule has 6 heteroatoms. The number of carbonyl (C=O) groups excluding carboxylic acids is 1. The summed E-state index contributed by atoms with van der Waals surface area (Å²) in [5.74, 6) is -0.415. The number of pyridine rings is 1. The molecule has 1 aromatic heterocycles. The van der Waals surface area contributed by atoms with Gasteiger partial charge < -0.3 is 21.1 Å². The average Bonchev–Trinajstić information content (AvgIpc) is 2.42. The van der Waals surface area contributed by atoms with Gasteiger partial charge in [0.15, 0.2) is 0 Å². The Morgan fingerprint density at radius 2 is 2.11 bits per heavy atom. The Kier molecular flexibility index (Phi) is 6.93. The molecular formula is C12H20N4O2. The Bertz CT molecular complexity index is 371. The number of nitrogens with one attached hydrogen (secondary N) is 2. The van der Waals surface area contributed by atoms with Crippen molar-refractivity contribution in [3.05, 3.63) is 29.6 Å². The van der Waals surface area contributed by atoms with Crippen molar-refractivity contribution in [2.45, 2.75) is 6.54 Å². The van der Waals surface area contributed by atoms with E-state index in [1.165, 1.54) is 7.11 Å². The first-order valence-corrected chi connectivity index (χ1v) is 5.93. The molecular weight excluding hydrogens is 232 g/mol. The van der Waals surface area contributed by atoms with Crippen LogP contribution in [0.4, 0.5) is 0 Å². The van der Waals surface area contributed by atoms with Gasteiger partial charge in [-0.1, -0.05) is 6.07 Å². The first-order valence-electron chi connectivity index (χ1n) is 5.93. The van der Waals surface area contributed by atoms with Gasteiger partial charge in [-0.3, -0.25) is 0 Å². The van der Waals surface area contributed by atoms with Crippen molar-refractivity contribution >= 4 is 5.97 Å². The van der Waals surface area contributed by atoms with E-state index in [9.17, 15) is 4.79 Å². The lowest BCUT2D eigenvalue weighted by Gasteiger charge is -2.06. The summed E-state index contributed by atoms with van der Waals surface area (Å²) in [7, 11) is 1.35. The van der Waals surface area contributed by atoms with E-state index in [4.69, 9.17) is 5.73 Å². The number of carbonyl (C=O) groups is 1. The molecule has 0 saturated carbocycles. The highest BCUT2D eigenvalue weighted by atomic mass is 16.5. The summed E-state index contributed by atoms with van der Waals surface area (Å²) in [6.07, 6.45) is 0. The van der Waals surface area contributed by atoms with Gasteiger partial charge in [-0.25, -0.2) is 9.78 Å². The lowest BCUT2D eigenvalue weighted by Crippen LogP contribution is -2.30. The molecule has 0 aromatic carbocycles. The number of methoxy groups -OCH3 is 1. The summed E-state index contributed by atoms with van der Waals surface area (Å²) in [6, 6.07) is 5.30. The van der Waals surface area contributed by atoms with E-state index >= 15 is 0 Å². The van der Waals surface area contributed by atoms with Crippen LogP contribution >= 0.6 is 0 Å². The summed E-state index contributed by atoms with van der Waals surface area (Å²) in [5.41, 5.74) is 6.50. The summed E-state index contributed by atoms with van der Waals surface area (Å²) in [6.45, 7) is 3.76. The van der Waals surface area contributed by atoms with Gasteiger partial charge in [0.2, 0.25) is 0 Å². The molecule has 0 aliphatic heterocycles. The zero-order chi connectivity index (χ0) is 13.2. The molecule has 0 saturated heterocycles. The third-order valence-electron chi connectivity index (χ3n) is 2.31. The zero-order valence-corrected chi connectivity index (χ0v) is 10.6. The smallest absolute Gasteiger partial charge is 0.356 e. The second kappa shape index (κ2) is 8.57. The largest absolute Gasteiger partial charge is 0.464 e. The number of nitrogens with two attached hydrogens (primary N) is 1. The molecule has 4 N–H and O–H groups in total. The summed E-state index contributed by atoms with van der Waals surface area (Å²) >= 11 is 0. The summed E-state index contributed by atoms with van der Waals surface area (Å²) in [4.78, 5) is 15.5. The molecule has 6 nitrogen and oxygen atoms in total. The van der Waals surface area contributed by atoms with Crippen LogP contribution in [0.2, 0.25) is 0 Å². The van der Waals surface area contributed by atoms with Crippen LogP contribution in [0.5, 0.6) is 0 Å². The molecule has 1 aromatic rings. The van der Waals surface area contributed by atoms with Gasteiger partial charge in [0.1, 0.15) is 5.69 Å². The molecule has 1 rings (SSSR count). The molecule has 18 heavy (non-hydrogen) atoms. The Labute approximate surface area is 107 Å². The Morgan fingerprint density at radius 1 is 1.33 bits per heavy atom. The Morgan fingerprint density at radius 3 is 2.83 bits per heavy atom. The zero-order valence-electron chi connectivity index (χ0n) is 10.6. The topological polar surface area (TPSA) is 89.3 Å². The van der Waals surface area contributed by atoms with E-state index < -0.39 is 5.97 Å². The number of ether oxygens (including phenoxy) is 1. The van der Waals surface area contributed by atoms with Gasteiger partial charge >= 0.3 is 5.97 Å². The molecule has 0 fully saturated rings. The second-order valence-corrected chi connectivity index (χ2v) is 3.72. The van der Waals surface area contributed by atoms with Crippen LogP contribution in [0.25, 0.3) is 0 Å². The van der Waals surface area contributed by atoms with Crippen molar-refractivity contribution in [1.82, 2.24) is 15.6 Å². The highest BCUT2D eigenvalue weighted by molar-refractivity contribution is 5.87. The quantitative estimate of drug-likeness (QED) is 0.427. The lowest BCUT2D eigenvalue weighted by molar-refractivity contribution is 0.0593. The molecule has 0 amide bonds. The summed E-state index contributed by atoms with van der Waals surface area (Å²) in [5, 5.41) is 6.40. The molecule has 0 atom stereocenters. The van der Waals surface area contributed by atoms with Crippen molar-refractivity contribution in [2.75, 3.05) is 33.3 Å². The van der Waals surface area contributed by atoms with Crippen molar-refractivity contribution in [2.24, 2.45) is 5.73 Å². The molecule has 0 radical (unpaired) electrons. The molecule has 0 aliphatic rings. The fourth-order valence-electron chi connectivity index (χ4n) is 1.42. The molecule has 1 heterocycles. The van der Waals surface area contributed by atoms with E-state index in [2.05, 4.69) is 20.4 Å². The molecule has 0 unspecified atom stereocenters. The van der Waals surface area contributed by atoms with Gasteiger partial charge in [0.25, 0.3) is 0 Å². The number of rotatable bonds is 8. The maximum atomic E-state index is 11.3. The van der Waals surface area contributed by atoms with Crippen LogP contribution in [0.3, 0.4) is 0 Å². The highest BCUT2D eigenvalue weighted by Gasteiger charge is 2.06. The molecule has 100 valence electrons. The number of nitrogens with zero attached hydrogens (tertiary/aromatic N) is 1. The minimum absolute atomic E-state index is 0.332. The fourth-order valence-corrected chi connectivity index (χ4v) is 1.42. The number of hydrogen-bond acceptors (Lipinski definition) is 6. The second-order valence-electron chi connectivity index (χ2n) is 3.72. The Balaban J connectivity index is 2.32. The maximum Gasteiger partial charge on any atom is 0.356 e. The molecule has 0 aliphatic carbocycles. The van der Waals surface area contributed by atoms with Crippen LogP contribution in [0, 0.1) is 0 Å². The normalized spacial score (nSPS) is 10.3. The standard InChI is InChI=1S/C12H20N4O2/c1-18-12(17)11-4-2-3-10(16-11)9-15-8-7-14-6-5-13/h2-4,14-15H,5-9,13H2,1H3. The van der Waals surface area contributed by atoms with Gasteiger partial charge in [-0.2, -0.15) is 0 Å². The van der Waals surface area contributed by atoms with Crippen molar-refractivity contribution in [3.63, 3.8) is 0 Å². The van der Waals surface area contributed by atoms with E-state index in [0.29, 0.717) is 18.8 Å². The predicted molar refractivity (Wildman–Crippen MR) is 69.2 cm³/mol. The summed E-state index contributed by atoms with van der Waals surface area (Å²) < 4.78 is 4.62. The third-order valence-corrected chi connectivity index (χ3v) is 2.31. The number of aromatic nitrogens is 1. The van der Waals surface area contributed by atoms with E-state index in [-0.39, 0.29) is 0 Å². The number of hydrogen-bond donors (Lipinski definition) is 3. The van der Waals surface area contributed by atoms with E-state index in [1.54, 1.807) is 12.1 Å². The number of esters is 1. The molecule has 0 bridgehead atoms. The monoisotopic (exact) mass is 252 g/mol. The minimum atomic E-state index is -0.415. The van der Waals surface area contributed by atoms with Gasteiger partial charge in [0.05, 0.1) is 12.8 Å². The van der Waals surface area contributed by atoms with Gasteiger partial charge in [-0.15, -0.1) is 0 Å². The van der Waals surface area contributed by atoms with Crippen molar-refractivity contribution < 1.29 is 9.53 Å². The van der Waals surface area contributed by atoms with Crippen molar-refractivity contribution in [3.8, 4) is 0 Å². The first kappa shape index (κ1) is 14.6. The van der Waals surface area contributed by atoms with Crippen LogP contribution < -0.4 is 16.4 Å². The SMILES string of the molecule is COC(=O)c1cccc(CNCCNCCN)n1. The predicted octanol–water partition coefficient (Wildman–Crippen LogP) is -0.494. The molecule has 0 spiro atoms. The van der Waals surface area contributed by atoms with Crippen LogP contribution in [0.15, 0.2) is 18.2 Å². The van der Waals surface area contributed by atoms with E-state index in [1.807, 2.05) is 6.07 Å². The first-order chi connectivity index (χ1) is 8.77. The highest BCUT2D eigenvalue weighted by Crippen LogP contribution is 2.00. The lowest BCUT2D eigenvalue weighted by atomic mass is 10.3. The fraction of sp³-hybridized carbons (Fsp3) is 0.500. The minimum Gasteiger partial charge on any atom is -0.464 e. The van der Waals surface area contributed by atoms with Gasteiger partial charge in [0, 0.05) is 32.7 Å². The third kappa shape index (κ3) is 5.22. The Hall–Kier alpha value is -1.50.